The Hall–Kier alpha value is -3.97. The van der Waals surface area contributed by atoms with Crippen molar-refractivity contribution in [1.29, 1.82) is 0 Å². The van der Waals surface area contributed by atoms with Crippen molar-refractivity contribution in [3.8, 4) is 5.69 Å². The lowest BCUT2D eigenvalue weighted by Crippen LogP contribution is -2.39. The molecule has 1 aliphatic heterocycles. The molecule has 3 heterocycles. The Kier molecular flexibility index (Phi) is 7.03. The fourth-order valence-corrected chi connectivity index (χ4v) is 6.45. The van der Waals surface area contributed by atoms with Gasteiger partial charge in [0.1, 0.15) is 0 Å². The lowest BCUT2D eigenvalue weighted by molar-refractivity contribution is -0.139. The maximum Gasteiger partial charge on any atom is 0.338 e. The van der Waals surface area contributed by atoms with Gasteiger partial charge < -0.3 is 9.30 Å². The van der Waals surface area contributed by atoms with E-state index < -0.39 is 12.0 Å². The number of carbonyl (C=O) groups is 1. The molecular formula is C32H33N3O3S. The van der Waals surface area contributed by atoms with E-state index in [-0.39, 0.29) is 12.2 Å². The molecule has 0 aliphatic carbocycles. The van der Waals surface area contributed by atoms with Crippen molar-refractivity contribution in [2.75, 3.05) is 6.61 Å². The summed E-state index contributed by atoms with van der Waals surface area (Å²) in [5, 5.41) is 0. The zero-order valence-corrected chi connectivity index (χ0v) is 24.3. The molecular weight excluding hydrogens is 506 g/mol. The van der Waals surface area contributed by atoms with Crippen LogP contribution in [0.5, 0.6) is 0 Å². The molecule has 0 spiro atoms. The second-order valence-electron chi connectivity index (χ2n) is 10.2. The van der Waals surface area contributed by atoms with Crippen LogP contribution in [-0.2, 0) is 9.53 Å². The molecule has 0 saturated carbocycles. The van der Waals surface area contributed by atoms with Gasteiger partial charge in [-0.2, -0.15) is 0 Å². The predicted molar refractivity (Wildman–Crippen MR) is 156 cm³/mol. The Labute approximate surface area is 232 Å². The number of hydrogen-bond acceptors (Lipinski definition) is 5. The molecule has 0 radical (unpaired) electrons. The highest BCUT2D eigenvalue weighted by atomic mass is 32.1. The number of ether oxygens (including phenoxy) is 1. The second-order valence-corrected chi connectivity index (χ2v) is 11.2. The number of hydrogen-bond donors (Lipinski definition) is 0. The molecule has 0 bridgehead atoms. The predicted octanol–water partition coefficient (Wildman–Crippen LogP) is 5.13. The molecule has 5 rings (SSSR count). The van der Waals surface area contributed by atoms with E-state index in [1.54, 1.807) is 11.5 Å². The number of aromatic nitrogens is 2. The largest absolute Gasteiger partial charge is 0.463 e. The second kappa shape index (κ2) is 10.3. The first-order valence-electron chi connectivity index (χ1n) is 13.1. The summed E-state index contributed by atoms with van der Waals surface area (Å²) in [6.45, 7) is 14.2. The summed E-state index contributed by atoms with van der Waals surface area (Å²) in [5.41, 5.74) is 9.39. The minimum atomic E-state index is -0.606. The first-order valence-corrected chi connectivity index (χ1v) is 13.9. The molecule has 39 heavy (non-hydrogen) atoms. The van der Waals surface area contributed by atoms with Crippen molar-refractivity contribution < 1.29 is 9.53 Å². The van der Waals surface area contributed by atoms with E-state index in [4.69, 9.17) is 9.73 Å². The molecule has 2 aromatic carbocycles. The quantitative estimate of drug-likeness (QED) is 0.330. The third-order valence-electron chi connectivity index (χ3n) is 7.13. The highest BCUT2D eigenvalue weighted by molar-refractivity contribution is 7.07. The molecule has 4 aromatic rings. The zero-order valence-electron chi connectivity index (χ0n) is 23.5. The minimum absolute atomic E-state index is 0.171. The number of nitrogens with zero attached hydrogens (tertiary/aromatic N) is 3. The van der Waals surface area contributed by atoms with Gasteiger partial charge in [-0.05, 0) is 95.0 Å². The Morgan fingerprint density at radius 3 is 2.28 bits per heavy atom. The van der Waals surface area contributed by atoms with Gasteiger partial charge in [-0.1, -0.05) is 47.2 Å². The van der Waals surface area contributed by atoms with Crippen molar-refractivity contribution in [2.45, 2.75) is 54.5 Å². The van der Waals surface area contributed by atoms with Crippen molar-refractivity contribution in [2.24, 2.45) is 4.99 Å². The maximum absolute atomic E-state index is 14.0. The SMILES string of the molecule is CCOC(=O)C1=C(C)N=c2s/c(=C/c3cc(C)n(-c4cc(C)cc(C)c4)c3C)c(=O)n2[C@@H]1c1ccc(C)cc1. The molecule has 200 valence electrons. The van der Waals surface area contributed by atoms with Gasteiger partial charge in [-0.15, -0.1) is 0 Å². The van der Waals surface area contributed by atoms with E-state index in [0.29, 0.717) is 20.6 Å². The Bertz CT molecular complexity index is 1800. The number of carbonyl (C=O) groups excluding carboxylic acids is 1. The van der Waals surface area contributed by atoms with Crippen LogP contribution in [0.1, 0.15) is 59.1 Å². The van der Waals surface area contributed by atoms with E-state index in [1.165, 1.54) is 22.5 Å². The molecule has 0 fully saturated rings. The van der Waals surface area contributed by atoms with E-state index in [1.807, 2.05) is 44.2 Å². The van der Waals surface area contributed by atoms with Crippen LogP contribution in [0.3, 0.4) is 0 Å². The molecule has 2 aromatic heterocycles. The monoisotopic (exact) mass is 539 g/mol. The van der Waals surface area contributed by atoms with Crippen LogP contribution in [0.2, 0.25) is 0 Å². The summed E-state index contributed by atoms with van der Waals surface area (Å²) in [4.78, 5) is 32.3. The van der Waals surface area contributed by atoms with Gasteiger partial charge in [0.05, 0.1) is 28.5 Å². The summed E-state index contributed by atoms with van der Waals surface area (Å²) in [6.07, 6.45) is 1.95. The third kappa shape index (κ3) is 4.83. The summed E-state index contributed by atoms with van der Waals surface area (Å²) in [6, 6.07) is 15.9. The highest BCUT2D eigenvalue weighted by Gasteiger charge is 2.33. The van der Waals surface area contributed by atoms with Crippen LogP contribution in [-0.4, -0.2) is 21.7 Å². The van der Waals surface area contributed by atoms with Gasteiger partial charge in [0.15, 0.2) is 4.80 Å². The summed E-state index contributed by atoms with van der Waals surface area (Å²) >= 11 is 1.35. The number of benzene rings is 2. The van der Waals surface area contributed by atoms with Gasteiger partial charge in [-0.25, -0.2) is 9.79 Å². The fraction of sp³-hybridized carbons (Fsp3) is 0.281. The first kappa shape index (κ1) is 26.6. The van der Waals surface area contributed by atoms with Crippen LogP contribution in [0.25, 0.3) is 11.8 Å². The van der Waals surface area contributed by atoms with Crippen molar-refractivity contribution in [3.63, 3.8) is 0 Å². The van der Waals surface area contributed by atoms with E-state index in [0.717, 1.165) is 33.8 Å². The average Bonchev–Trinajstić information content (AvgIpc) is 3.32. The van der Waals surface area contributed by atoms with Gasteiger partial charge in [-0.3, -0.25) is 9.36 Å². The molecule has 7 heteroatoms. The lowest BCUT2D eigenvalue weighted by Gasteiger charge is -2.24. The Balaban J connectivity index is 1.69. The molecule has 0 unspecified atom stereocenters. The molecule has 1 aliphatic rings. The summed E-state index contributed by atoms with van der Waals surface area (Å²) in [5.74, 6) is -0.449. The van der Waals surface area contributed by atoms with Gasteiger partial charge >= 0.3 is 5.97 Å². The topological polar surface area (TPSA) is 65.6 Å². The molecule has 6 nitrogen and oxygen atoms in total. The summed E-state index contributed by atoms with van der Waals surface area (Å²) < 4.78 is 9.83. The highest BCUT2D eigenvalue weighted by Crippen LogP contribution is 2.31. The molecule has 0 N–H and O–H groups in total. The van der Waals surface area contributed by atoms with Crippen LogP contribution in [0, 0.1) is 34.6 Å². The smallest absolute Gasteiger partial charge is 0.338 e. The molecule has 0 saturated heterocycles. The number of thiazole rings is 1. The van der Waals surface area contributed by atoms with Crippen LogP contribution >= 0.6 is 11.3 Å². The van der Waals surface area contributed by atoms with E-state index in [2.05, 4.69) is 56.5 Å². The fourth-order valence-electron chi connectivity index (χ4n) is 5.41. The third-order valence-corrected chi connectivity index (χ3v) is 8.11. The number of aryl methyl sites for hydroxylation is 4. The van der Waals surface area contributed by atoms with Crippen molar-refractivity contribution >= 4 is 23.4 Å². The molecule has 0 amide bonds. The van der Waals surface area contributed by atoms with Crippen LogP contribution < -0.4 is 14.9 Å². The van der Waals surface area contributed by atoms with E-state index in [9.17, 15) is 9.59 Å². The van der Waals surface area contributed by atoms with Crippen molar-refractivity contribution in [1.82, 2.24) is 9.13 Å². The van der Waals surface area contributed by atoms with Gasteiger partial charge in [0, 0.05) is 17.1 Å². The Morgan fingerprint density at radius 2 is 1.64 bits per heavy atom. The van der Waals surface area contributed by atoms with E-state index >= 15 is 0 Å². The number of allylic oxidation sites excluding steroid dienone is 1. The first-order chi connectivity index (χ1) is 18.6. The van der Waals surface area contributed by atoms with Crippen molar-refractivity contribution in [3.05, 3.63) is 119 Å². The van der Waals surface area contributed by atoms with Gasteiger partial charge in [0.2, 0.25) is 0 Å². The maximum atomic E-state index is 14.0. The minimum Gasteiger partial charge on any atom is -0.463 e. The van der Waals surface area contributed by atoms with Crippen LogP contribution in [0.4, 0.5) is 0 Å². The average molecular weight is 540 g/mol. The number of fused-ring (bicyclic) bond motifs is 1. The normalized spacial score (nSPS) is 15.4. The number of rotatable bonds is 5. The summed E-state index contributed by atoms with van der Waals surface area (Å²) in [7, 11) is 0. The Morgan fingerprint density at radius 1 is 0.974 bits per heavy atom. The van der Waals surface area contributed by atoms with Crippen LogP contribution in [0.15, 0.2) is 69.6 Å². The van der Waals surface area contributed by atoms with Gasteiger partial charge in [0.25, 0.3) is 5.56 Å². The number of esters is 1. The molecule has 1 atom stereocenters. The zero-order chi connectivity index (χ0) is 28.0. The lowest BCUT2D eigenvalue weighted by atomic mass is 9.95. The standard InChI is InChI=1S/C32H33N3O3S/c1-8-38-31(37)28-22(6)33-32-35(29(28)24-11-9-18(2)10-12-24)30(36)27(39-32)17-25-16-21(5)34(23(25)7)26-14-19(3)13-20(4)15-26/h9-17,29H,8H2,1-7H3/b27-17+/t29-/m1/s1.